The first-order valence-corrected chi connectivity index (χ1v) is 12.6. The number of ether oxygens (including phenoxy) is 1. The molecule has 0 bridgehead atoms. The highest BCUT2D eigenvalue weighted by molar-refractivity contribution is 8.15. The molecule has 0 aromatic heterocycles. The van der Waals surface area contributed by atoms with Gasteiger partial charge in [0.25, 0.3) is 0 Å². The second kappa shape index (κ2) is 12.1. The second-order valence-electron chi connectivity index (χ2n) is 7.80. The van der Waals surface area contributed by atoms with Gasteiger partial charge >= 0.3 is 5.97 Å². The van der Waals surface area contributed by atoms with Crippen molar-refractivity contribution in [3.8, 4) is 0 Å². The van der Waals surface area contributed by atoms with Gasteiger partial charge in [-0.05, 0) is 54.6 Å². The first-order chi connectivity index (χ1) is 17.8. The van der Waals surface area contributed by atoms with Gasteiger partial charge in [-0.3, -0.25) is 14.4 Å². The average Bonchev–Trinajstić information content (AvgIpc) is 3.21. The summed E-state index contributed by atoms with van der Waals surface area (Å²) in [5.74, 6) is -1.83. The summed E-state index contributed by atoms with van der Waals surface area (Å²) in [5.41, 5.74) is 1.53. The zero-order chi connectivity index (χ0) is 26.4. The summed E-state index contributed by atoms with van der Waals surface area (Å²) in [6.07, 6.45) is -0.0521. The zero-order valence-corrected chi connectivity index (χ0v) is 21.4. The number of amides is 2. The van der Waals surface area contributed by atoms with E-state index in [1.54, 1.807) is 0 Å². The van der Waals surface area contributed by atoms with Gasteiger partial charge in [0, 0.05) is 22.7 Å². The van der Waals surface area contributed by atoms with Crippen LogP contribution in [-0.4, -0.2) is 40.6 Å². The van der Waals surface area contributed by atoms with Gasteiger partial charge in [-0.1, -0.05) is 53.2 Å². The standard InChI is InChI=1S/C26H19Cl2N3O5S/c27-16-8-11-19(20(28)12-16)21(32)14-36-25(35)15-6-9-18(10-7-15)29-23(33)13-22-24(34)31-26(37-22)30-17-4-2-1-3-5-17/h1-12,22H,13-14H2,(H,29,33)(H,30,31,34)/t22-/m1/s1. The molecule has 1 saturated heterocycles. The molecule has 11 heteroatoms. The quantitative estimate of drug-likeness (QED) is 0.288. The molecule has 3 aromatic carbocycles. The number of rotatable bonds is 8. The summed E-state index contributed by atoms with van der Waals surface area (Å²) in [7, 11) is 0. The molecule has 1 heterocycles. The molecule has 1 aliphatic rings. The van der Waals surface area contributed by atoms with E-state index in [4.69, 9.17) is 27.9 Å². The number of carbonyl (C=O) groups is 4. The largest absolute Gasteiger partial charge is 0.454 e. The third-order valence-corrected chi connectivity index (χ3v) is 6.73. The van der Waals surface area contributed by atoms with E-state index in [1.807, 2.05) is 30.3 Å². The van der Waals surface area contributed by atoms with Gasteiger partial charge in [-0.2, -0.15) is 0 Å². The van der Waals surface area contributed by atoms with Crippen molar-refractivity contribution in [3.63, 3.8) is 0 Å². The smallest absolute Gasteiger partial charge is 0.338 e. The second-order valence-corrected chi connectivity index (χ2v) is 9.84. The van der Waals surface area contributed by atoms with Gasteiger partial charge in [0.1, 0.15) is 5.25 Å². The third-order valence-electron chi connectivity index (χ3n) is 5.10. The fourth-order valence-electron chi connectivity index (χ4n) is 3.29. The van der Waals surface area contributed by atoms with Crippen LogP contribution in [0.2, 0.25) is 10.0 Å². The summed E-state index contributed by atoms with van der Waals surface area (Å²) in [6, 6.07) is 19.5. The number of anilines is 1. The van der Waals surface area contributed by atoms with Crippen molar-refractivity contribution >= 4 is 75.1 Å². The van der Waals surface area contributed by atoms with E-state index in [0.717, 1.165) is 0 Å². The van der Waals surface area contributed by atoms with Crippen LogP contribution in [0.1, 0.15) is 27.1 Å². The molecule has 2 amide bonds. The lowest BCUT2D eigenvalue weighted by Crippen LogP contribution is -2.28. The molecule has 1 atom stereocenters. The number of hydrogen-bond acceptors (Lipinski definition) is 7. The lowest BCUT2D eigenvalue weighted by Gasteiger charge is -2.09. The predicted molar refractivity (Wildman–Crippen MR) is 144 cm³/mol. The van der Waals surface area contributed by atoms with Crippen LogP contribution in [-0.2, 0) is 14.3 Å². The van der Waals surface area contributed by atoms with Crippen LogP contribution in [0.5, 0.6) is 0 Å². The summed E-state index contributed by atoms with van der Waals surface area (Å²) in [5, 5.41) is 5.77. The first-order valence-electron chi connectivity index (χ1n) is 10.9. The number of Topliss-reactive ketones (excluding diaryl/α,β-unsaturated/α-hetero) is 1. The van der Waals surface area contributed by atoms with E-state index >= 15 is 0 Å². The van der Waals surface area contributed by atoms with Crippen LogP contribution >= 0.6 is 35.0 Å². The van der Waals surface area contributed by atoms with E-state index in [9.17, 15) is 19.2 Å². The minimum absolute atomic E-state index is 0.0521. The molecule has 0 aliphatic carbocycles. The van der Waals surface area contributed by atoms with Crippen molar-refractivity contribution in [2.45, 2.75) is 11.7 Å². The number of para-hydroxylation sites is 1. The number of thioether (sulfide) groups is 1. The predicted octanol–water partition coefficient (Wildman–Crippen LogP) is 5.28. The minimum Gasteiger partial charge on any atom is -0.454 e. The van der Waals surface area contributed by atoms with E-state index in [-0.39, 0.29) is 34.4 Å². The molecule has 37 heavy (non-hydrogen) atoms. The number of carbonyl (C=O) groups excluding carboxylic acids is 4. The van der Waals surface area contributed by atoms with Gasteiger partial charge in [-0.15, -0.1) is 0 Å². The number of aliphatic imine (C=N–C) groups is 1. The highest BCUT2D eigenvalue weighted by Crippen LogP contribution is 2.26. The summed E-state index contributed by atoms with van der Waals surface area (Å²) in [6.45, 7) is -0.491. The maximum Gasteiger partial charge on any atom is 0.338 e. The number of hydrogen-bond donors (Lipinski definition) is 2. The monoisotopic (exact) mass is 555 g/mol. The average molecular weight is 556 g/mol. The Morgan fingerprint density at radius 3 is 2.43 bits per heavy atom. The number of nitrogens with one attached hydrogen (secondary N) is 2. The molecule has 0 radical (unpaired) electrons. The third kappa shape index (κ3) is 7.19. The molecule has 4 rings (SSSR count). The van der Waals surface area contributed by atoms with E-state index in [0.29, 0.717) is 21.6 Å². The number of amidine groups is 1. The Morgan fingerprint density at radius 1 is 1.00 bits per heavy atom. The normalized spacial score (nSPS) is 15.8. The lowest BCUT2D eigenvalue weighted by molar-refractivity contribution is -0.122. The van der Waals surface area contributed by atoms with Gasteiger partial charge in [0.15, 0.2) is 11.8 Å². The van der Waals surface area contributed by atoms with Crippen molar-refractivity contribution in [2.24, 2.45) is 4.99 Å². The van der Waals surface area contributed by atoms with Gasteiger partial charge in [-0.25, -0.2) is 9.79 Å². The van der Waals surface area contributed by atoms with Crippen LogP contribution in [0, 0.1) is 0 Å². The number of esters is 1. The summed E-state index contributed by atoms with van der Waals surface area (Å²) < 4.78 is 5.08. The maximum atomic E-state index is 12.5. The van der Waals surface area contributed by atoms with E-state index < -0.39 is 23.6 Å². The number of halogens is 2. The zero-order valence-electron chi connectivity index (χ0n) is 19.1. The molecule has 0 spiro atoms. The van der Waals surface area contributed by atoms with Crippen LogP contribution in [0.25, 0.3) is 0 Å². The van der Waals surface area contributed by atoms with Gasteiger partial charge in [0.2, 0.25) is 17.6 Å². The van der Waals surface area contributed by atoms with E-state index in [2.05, 4.69) is 15.6 Å². The van der Waals surface area contributed by atoms with Crippen molar-refractivity contribution in [1.29, 1.82) is 0 Å². The molecule has 0 unspecified atom stereocenters. The fraction of sp³-hybridized carbons (Fsp3) is 0.115. The van der Waals surface area contributed by atoms with Crippen molar-refractivity contribution in [3.05, 3.63) is 94.0 Å². The first kappa shape index (κ1) is 26.4. The highest BCUT2D eigenvalue weighted by Gasteiger charge is 2.32. The van der Waals surface area contributed by atoms with Crippen molar-refractivity contribution in [2.75, 3.05) is 11.9 Å². The fourth-order valence-corrected chi connectivity index (χ4v) is 4.79. The molecule has 1 fully saturated rings. The van der Waals surface area contributed by atoms with Crippen molar-refractivity contribution in [1.82, 2.24) is 5.32 Å². The number of ketones is 1. The Kier molecular flexibility index (Phi) is 8.60. The van der Waals surface area contributed by atoms with Gasteiger partial charge in [0.05, 0.1) is 16.3 Å². The molecule has 0 saturated carbocycles. The number of benzene rings is 3. The SMILES string of the molecule is O=C(C[C@H]1SC(=Nc2ccccc2)NC1=O)Nc1ccc(C(=O)OCC(=O)c2ccc(Cl)cc2Cl)cc1. The summed E-state index contributed by atoms with van der Waals surface area (Å²) in [4.78, 5) is 53.6. The highest BCUT2D eigenvalue weighted by atomic mass is 35.5. The Morgan fingerprint density at radius 2 is 1.73 bits per heavy atom. The molecule has 1 aliphatic heterocycles. The Bertz CT molecular complexity index is 1380. The molecule has 3 aromatic rings. The van der Waals surface area contributed by atoms with Gasteiger partial charge < -0.3 is 15.4 Å². The lowest BCUT2D eigenvalue weighted by atomic mass is 10.1. The van der Waals surface area contributed by atoms with Crippen LogP contribution in [0.3, 0.4) is 0 Å². The van der Waals surface area contributed by atoms with Crippen molar-refractivity contribution < 1.29 is 23.9 Å². The van der Waals surface area contributed by atoms with Crippen LogP contribution in [0.15, 0.2) is 77.8 Å². The van der Waals surface area contributed by atoms with E-state index in [1.165, 1.54) is 54.2 Å². The Balaban J connectivity index is 1.27. The minimum atomic E-state index is -0.708. The molecular formula is C26H19Cl2N3O5S. The van der Waals surface area contributed by atoms with Crippen LogP contribution in [0.4, 0.5) is 11.4 Å². The Hall–Kier alpha value is -3.66. The van der Waals surface area contributed by atoms with Crippen LogP contribution < -0.4 is 10.6 Å². The Labute approximate surface area is 226 Å². The molecule has 188 valence electrons. The number of nitrogens with zero attached hydrogens (tertiary/aromatic N) is 1. The molecule has 8 nitrogen and oxygen atoms in total. The topological polar surface area (TPSA) is 114 Å². The molecule has 2 N–H and O–H groups in total. The maximum absolute atomic E-state index is 12.5. The summed E-state index contributed by atoms with van der Waals surface area (Å²) >= 11 is 13.0. The molecular weight excluding hydrogens is 537 g/mol.